The van der Waals surface area contributed by atoms with E-state index in [9.17, 15) is 0 Å². The first kappa shape index (κ1) is 26.8. The van der Waals surface area contributed by atoms with E-state index < -0.39 is 0 Å². The Balaban J connectivity index is 1.36. The maximum absolute atomic E-state index is 4.16. The molecule has 2 heteroatoms. The van der Waals surface area contributed by atoms with Crippen LogP contribution < -0.4 is 4.90 Å². The lowest BCUT2D eigenvalue weighted by atomic mass is 9.72. The number of fused-ring (bicyclic) bond motifs is 6. The molecule has 41 heavy (non-hydrogen) atoms. The van der Waals surface area contributed by atoms with Gasteiger partial charge in [0.1, 0.15) is 7.05 Å². The zero-order chi connectivity index (χ0) is 28.8. The Morgan fingerprint density at radius 3 is 2.02 bits per heavy atom. The van der Waals surface area contributed by atoms with Crippen LogP contribution in [0.3, 0.4) is 0 Å². The third-order valence-electron chi connectivity index (χ3n) is 9.21. The van der Waals surface area contributed by atoms with Gasteiger partial charge in [0, 0.05) is 41.6 Å². The monoisotopic (exact) mass is 535 g/mol. The quantitative estimate of drug-likeness (QED) is 0.130. The van der Waals surface area contributed by atoms with Gasteiger partial charge in [0.05, 0.1) is 5.41 Å². The Kier molecular flexibility index (Phi) is 6.66. The third-order valence-corrected chi connectivity index (χ3v) is 9.21. The molecule has 4 aromatic rings. The minimum absolute atomic E-state index is 0.0921. The zero-order valence-corrected chi connectivity index (χ0v) is 24.7. The number of hydrogen-bond acceptors (Lipinski definition) is 1. The summed E-state index contributed by atoms with van der Waals surface area (Å²) in [7, 11) is 4.37. The normalized spacial score (nSPS) is 18.2. The molecule has 0 amide bonds. The fraction of sp³-hybridized carbons (Fsp3) is 0.205. The van der Waals surface area contributed by atoms with Gasteiger partial charge >= 0.3 is 0 Å². The molecule has 6 rings (SSSR count). The number of rotatable bonds is 7. The number of hydrogen-bond donors (Lipinski definition) is 0. The topological polar surface area (TPSA) is 6.25 Å². The number of nitrogens with zero attached hydrogens (tertiary/aromatic N) is 2. The van der Waals surface area contributed by atoms with E-state index in [1.54, 1.807) is 0 Å². The van der Waals surface area contributed by atoms with E-state index in [0.29, 0.717) is 0 Å². The number of anilines is 1. The molecule has 4 aromatic carbocycles. The van der Waals surface area contributed by atoms with Crippen molar-refractivity contribution in [2.24, 2.45) is 0 Å². The van der Waals surface area contributed by atoms with Crippen molar-refractivity contribution in [1.29, 1.82) is 0 Å². The number of likely N-dealkylation sites (N-methyl/N-ethyl adjacent to an activating group) is 1. The van der Waals surface area contributed by atoms with E-state index in [-0.39, 0.29) is 10.8 Å². The first-order valence-corrected chi connectivity index (χ1v) is 14.5. The van der Waals surface area contributed by atoms with Crippen molar-refractivity contribution in [1.82, 2.24) is 0 Å². The zero-order valence-electron chi connectivity index (χ0n) is 24.7. The molecule has 204 valence electrons. The second kappa shape index (κ2) is 10.2. The minimum atomic E-state index is -0.201. The predicted octanol–water partition coefficient (Wildman–Crippen LogP) is 9.54. The summed E-state index contributed by atoms with van der Waals surface area (Å²) in [5.74, 6) is 0. The lowest BCUT2D eigenvalue weighted by Crippen LogP contribution is -2.28. The average Bonchev–Trinajstić information content (AvgIpc) is 3.32. The summed E-state index contributed by atoms with van der Waals surface area (Å²) in [5, 5.41) is 5.21. The molecule has 0 saturated carbocycles. The van der Waals surface area contributed by atoms with Gasteiger partial charge in [-0.1, -0.05) is 85.0 Å². The lowest BCUT2D eigenvalue weighted by Gasteiger charge is -2.31. The van der Waals surface area contributed by atoms with E-state index in [1.165, 1.54) is 55.5 Å². The van der Waals surface area contributed by atoms with Crippen LogP contribution in [0.25, 0.3) is 21.5 Å². The van der Waals surface area contributed by atoms with Crippen LogP contribution in [0.2, 0.25) is 0 Å². The standard InChI is InChI=1S/C39H39N2/c1-7-26-39(27-8-2)35(41(6)33-25-23-29-17-13-15-19-31(29)37(33)39)21-11-9-10-20-34-38(3,4)36-30-18-14-12-16-28(30)22-24-32(36)40(34)5/h7-25H,1-2,26-27H2,3-6H3/q+1. The summed E-state index contributed by atoms with van der Waals surface area (Å²) in [6, 6.07) is 26.4. The van der Waals surface area contributed by atoms with E-state index in [2.05, 4.69) is 166 Å². The molecule has 0 aromatic heterocycles. The van der Waals surface area contributed by atoms with Crippen molar-refractivity contribution in [3.05, 3.63) is 145 Å². The maximum Gasteiger partial charge on any atom is 0.210 e. The average molecular weight is 536 g/mol. The highest BCUT2D eigenvalue weighted by molar-refractivity contribution is 6.07. The molecule has 0 radical (unpaired) electrons. The molecule has 0 fully saturated rings. The maximum atomic E-state index is 4.16. The van der Waals surface area contributed by atoms with Gasteiger partial charge in [-0.25, -0.2) is 0 Å². The van der Waals surface area contributed by atoms with Crippen molar-refractivity contribution in [3.8, 4) is 0 Å². The second-order valence-electron chi connectivity index (χ2n) is 11.9. The lowest BCUT2D eigenvalue weighted by molar-refractivity contribution is -0.401. The summed E-state index contributed by atoms with van der Waals surface area (Å²) >= 11 is 0. The molecule has 0 bridgehead atoms. The Morgan fingerprint density at radius 2 is 1.37 bits per heavy atom. The number of benzene rings is 4. The summed E-state index contributed by atoms with van der Waals surface area (Å²) in [4.78, 5) is 2.35. The van der Waals surface area contributed by atoms with E-state index >= 15 is 0 Å². The van der Waals surface area contributed by atoms with Gasteiger partial charge in [0.15, 0.2) is 5.71 Å². The van der Waals surface area contributed by atoms with Gasteiger partial charge in [0.2, 0.25) is 5.69 Å². The van der Waals surface area contributed by atoms with Crippen LogP contribution in [-0.4, -0.2) is 24.4 Å². The van der Waals surface area contributed by atoms with E-state index in [1.807, 2.05) is 0 Å². The smallest absolute Gasteiger partial charge is 0.210 e. The molecule has 0 atom stereocenters. The van der Waals surface area contributed by atoms with Gasteiger partial charge < -0.3 is 4.90 Å². The van der Waals surface area contributed by atoms with Crippen LogP contribution in [0.15, 0.2) is 134 Å². The van der Waals surface area contributed by atoms with Crippen LogP contribution >= 0.6 is 0 Å². The second-order valence-corrected chi connectivity index (χ2v) is 11.9. The highest BCUT2D eigenvalue weighted by Crippen LogP contribution is 2.54. The van der Waals surface area contributed by atoms with Crippen molar-refractivity contribution < 1.29 is 4.58 Å². The Morgan fingerprint density at radius 1 is 0.756 bits per heavy atom. The fourth-order valence-electron chi connectivity index (χ4n) is 7.43. The van der Waals surface area contributed by atoms with Gasteiger partial charge in [-0.15, -0.1) is 13.2 Å². The molecule has 0 saturated heterocycles. The predicted molar refractivity (Wildman–Crippen MR) is 178 cm³/mol. The molecule has 0 spiro atoms. The van der Waals surface area contributed by atoms with Crippen LogP contribution in [-0.2, 0) is 10.8 Å². The largest absolute Gasteiger partial charge is 0.347 e. The molecule has 2 aliphatic rings. The Bertz CT molecular complexity index is 1820. The van der Waals surface area contributed by atoms with Crippen molar-refractivity contribution in [2.45, 2.75) is 37.5 Å². The van der Waals surface area contributed by atoms with Crippen molar-refractivity contribution in [2.75, 3.05) is 19.0 Å². The van der Waals surface area contributed by atoms with E-state index in [0.717, 1.165) is 12.8 Å². The van der Waals surface area contributed by atoms with Crippen LogP contribution in [0, 0.1) is 0 Å². The van der Waals surface area contributed by atoms with Crippen LogP contribution in [0.1, 0.15) is 37.8 Å². The summed E-state index contributed by atoms with van der Waals surface area (Å²) in [6.07, 6.45) is 16.9. The van der Waals surface area contributed by atoms with Gasteiger partial charge in [-0.2, -0.15) is 4.58 Å². The molecule has 2 aliphatic heterocycles. The molecule has 0 aliphatic carbocycles. The first-order chi connectivity index (χ1) is 19.8. The third kappa shape index (κ3) is 4.04. The minimum Gasteiger partial charge on any atom is -0.347 e. The summed E-state index contributed by atoms with van der Waals surface area (Å²) < 4.78 is 2.34. The summed E-state index contributed by atoms with van der Waals surface area (Å²) in [6.45, 7) is 13.0. The van der Waals surface area contributed by atoms with Crippen molar-refractivity contribution >= 4 is 38.6 Å². The highest BCUT2D eigenvalue weighted by Gasteiger charge is 2.45. The highest BCUT2D eigenvalue weighted by atomic mass is 15.2. The van der Waals surface area contributed by atoms with Gasteiger partial charge in [-0.05, 0) is 72.0 Å². The van der Waals surface area contributed by atoms with Crippen LogP contribution in [0.5, 0.6) is 0 Å². The SMILES string of the molecule is C=CCC1(CC=C)\C(=C/C=C/C=C/C2=[N+](C)c3ccc4ccccc4c3C2(C)C)N(C)c2ccc3ccccc3c21. The Hall–Kier alpha value is -4.43. The molecule has 2 nitrogen and oxygen atoms in total. The Labute approximate surface area is 244 Å². The number of allylic oxidation sites excluding steroid dienone is 8. The summed E-state index contributed by atoms with van der Waals surface area (Å²) in [5.41, 5.74) is 7.61. The molecule has 0 unspecified atom stereocenters. The van der Waals surface area contributed by atoms with Crippen molar-refractivity contribution in [3.63, 3.8) is 0 Å². The van der Waals surface area contributed by atoms with Gasteiger partial charge in [-0.3, -0.25) is 0 Å². The fourth-order valence-corrected chi connectivity index (χ4v) is 7.43. The molecular formula is C39H39N2+. The van der Waals surface area contributed by atoms with E-state index in [4.69, 9.17) is 0 Å². The first-order valence-electron chi connectivity index (χ1n) is 14.5. The molecule has 2 heterocycles. The van der Waals surface area contributed by atoms with Gasteiger partial charge in [0.25, 0.3) is 0 Å². The molecular weight excluding hydrogens is 496 g/mol. The van der Waals surface area contributed by atoms with Crippen LogP contribution in [0.4, 0.5) is 11.4 Å². The molecule has 0 N–H and O–H groups in total.